The summed E-state index contributed by atoms with van der Waals surface area (Å²) in [6.45, 7) is 8.82. The number of carbonyl (C=O) groups is 3. The lowest BCUT2D eigenvalue weighted by Crippen LogP contribution is -2.57. The van der Waals surface area contributed by atoms with Crippen LogP contribution in [-0.2, 0) is 23.9 Å². The number of likely N-dealkylation sites (tertiary alicyclic amines) is 1. The van der Waals surface area contributed by atoms with Gasteiger partial charge >= 0.3 is 0 Å². The van der Waals surface area contributed by atoms with E-state index in [9.17, 15) is 19.5 Å². The molecule has 11 heteroatoms. The average molecular weight is 581 g/mol. The molecule has 1 aromatic rings. The van der Waals surface area contributed by atoms with Gasteiger partial charge in [0.05, 0.1) is 43.9 Å². The number of ether oxygens (including phenoxy) is 3. The van der Waals surface area contributed by atoms with Crippen molar-refractivity contribution in [3.8, 4) is 5.75 Å². The maximum Gasteiger partial charge on any atom is 0.249 e. The largest absolute Gasteiger partial charge is 0.494 e. The molecule has 6 rings (SSSR count). The summed E-state index contributed by atoms with van der Waals surface area (Å²) in [5.74, 6) is -1.87. The molecule has 1 N–H and O–H groups in total. The molecule has 226 valence electrons. The van der Waals surface area contributed by atoms with Crippen LogP contribution < -0.4 is 9.64 Å². The standard InChI is InChI=1S/C31H40N4O7/c1-3-41-23-8-6-22(7-9-23)34-13-4-10-30(2)24(27(34)37)25-28(38)35(16-19-36)26-29(39)33(12-5-11-31(25,26)42-30)15-14-32-17-20-40-21-18-32/h4-11,24-26,36H,3,12-21H2,1-2H3/t24-,25-,26?,30+,31-/m0/s1. The van der Waals surface area contributed by atoms with E-state index in [0.29, 0.717) is 57.4 Å². The molecule has 42 heavy (non-hydrogen) atoms. The first kappa shape index (κ1) is 28.9. The van der Waals surface area contributed by atoms with Crippen molar-refractivity contribution in [1.82, 2.24) is 14.7 Å². The van der Waals surface area contributed by atoms with E-state index < -0.39 is 29.1 Å². The van der Waals surface area contributed by atoms with Gasteiger partial charge in [-0.2, -0.15) is 0 Å². The third-order valence-electron chi connectivity index (χ3n) is 9.23. The monoisotopic (exact) mass is 580 g/mol. The van der Waals surface area contributed by atoms with Crippen molar-refractivity contribution in [2.24, 2.45) is 11.8 Å². The number of carbonyl (C=O) groups excluding carboxylic acids is 3. The topological polar surface area (TPSA) is 112 Å². The molecule has 3 fully saturated rings. The van der Waals surface area contributed by atoms with Crippen molar-refractivity contribution in [2.75, 3.05) is 77.1 Å². The smallest absolute Gasteiger partial charge is 0.249 e. The van der Waals surface area contributed by atoms with Crippen molar-refractivity contribution >= 4 is 23.4 Å². The van der Waals surface area contributed by atoms with Crippen molar-refractivity contribution in [1.29, 1.82) is 0 Å². The van der Waals surface area contributed by atoms with Crippen LogP contribution in [0.15, 0.2) is 48.6 Å². The van der Waals surface area contributed by atoms with E-state index in [-0.39, 0.29) is 30.9 Å². The SMILES string of the molecule is CCOc1ccc(N2CC=C[C@@]3(C)O[C@]45C=CCN(CCN6CCOCC6)C(=O)C4N(CCO)C(=O)[C@@H]5[C@H]3C2=O)cc1. The minimum atomic E-state index is -1.34. The van der Waals surface area contributed by atoms with Gasteiger partial charge < -0.3 is 34.0 Å². The van der Waals surface area contributed by atoms with E-state index in [1.165, 1.54) is 4.90 Å². The average Bonchev–Trinajstić information content (AvgIpc) is 3.25. The van der Waals surface area contributed by atoms with Crippen LogP contribution in [0.25, 0.3) is 0 Å². The van der Waals surface area contributed by atoms with Crippen molar-refractivity contribution in [3.05, 3.63) is 48.6 Å². The van der Waals surface area contributed by atoms with Crippen LogP contribution >= 0.6 is 0 Å². The molecule has 0 saturated carbocycles. The minimum absolute atomic E-state index is 0.0158. The minimum Gasteiger partial charge on any atom is -0.494 e. The molecule has 0 bridgehead atoms. The molecule has 1 spiro atoms. The summed E-state index contributed by atoms with van der Waals surface area (Å²) in [5.41, 5.74) is -1.75. The molecule has 3 saturated heterocycles. The lowest BCUT2D eigenvalue weighted by molar-refractivity contribution is -0.151. The summed E-state index contributed by atoms with van der Waals surface area (Å²) in [5, 5.41) is 9.93. The summed E-state index contributed by atoms with van der Waals surface area (Å²) < 4.78 is 17.9. The number of aliphatic hydroxyl groups is 1. The number of rotatable bonds is 8. The van der Waals surface area contributed by atoms with Crippen molar-refractivity contribution in [3.63, 3.8) is 0 Å². The number of hydrogen-bond donors (Lipinski definition) is 1. The van der Waals surface area contributed by atoms with Crippen LogP contribution in [0.1, 0.15) is 13.8 Å². The summed E-state index contributed by atoms with van der Waals surface area (Å²) in [6.07, 6.45) is 7.50. The van der Waals surface area contributed by atoms with Gasteiger partial charge in [0.1, 0.15) is 17.4 Å². The third kappa shape index (κ3) is 4.72. The number of benzene rings is 1. The molecule has 1 aromatic carbocycles. The van der Waals surface area contributed by atoms with E-state index in [0.717, 1.165) is 13.1 Å². The fourth-order valence-corrected chi connectivity index (χ4v) is 7.32. The number of hydrogen-bond acceptors (Lipinski definition) is 8. The Bertz CT molecular complexity index is 1260. The first-order chi connectivity index (χ1) is 20.3. The van der Waals surface area contributed by atoms with Gasteiger partial charge in [-0.05, 0) is 38.1 Å². The Morgan fingerprint density at radius 1 is 0.929 bits per heavy atom. The lowest BCUT2D eigenvalue weighted by atomic mass is 9.74. The van der Waals surface area contributed by atoms with Crippen molar-refractivity contribution in [2.45, 2.75) is 31.1 Å². The number of amides is 3. The summed E-state index contributed by atoms with van der Waals surface area (Å²) in [7, 11) is 0. The molecule has 11 nitrogen and oxygen atoms in total. The molecule has 0 radical (unpaired) electrons. The zero-order chi connectivity index (χ0) is 29.5. The van der Waals surface area contributed by atoms with E-state index in [1.54, 1.807) is 9.80 Å². The maximum atomic E-state index is 14.4. The number of aliphatic hydroxyl groups excluding tert-OH is 1. The Hall–Kier alpha value is -3.25. The van der Waals surface area contributed by atoms with E-state index in [1.807, 2.05) is 62.4 Å². The molecule has 5 atom stereocenters. The van der Waals surface area contributed by atoms with Gasteiger partial charge in [-0.15, -0.1) is 0 Å². The van der Waals surface area contributed by atoms with E-state index in [2.05, 4.69) is 4.90 Å². The fraction of sp³-hybridized carbons (Fsp3) is 0.581. The Morgan fingerprint density at radius 2 is 1.67 bits per heavy atom. The Kier molecular flexibility index (Phi) is 7.86. The van der Waals surface area contributed by atoms with Gasteiger partial charge in [0.2, 0.25) is 17.7 Å². The van der Waals surface area contributed by atoms with Crippen molar-refractivity contribution < 1.29 is 33.7 Å². The summed E-state index contributed by atoms with van der Waals surface area (Å²) >= 11 is 0. The van der Waals surface area contributed by atoms with Gasteiger partial charge in [0.15, 0.2) is 0 Å². The van der Waals surface area contributed by atoms with Gasteiger partial charge in [-0.3, -0.25) is 19.3 Å². The second kappa shape index (κ2) is 11.4. The number of anilines is 1. The zero-order valence-corrected chi connectivity index (χ0v) is 24.3. The normalized spacial score (nSPS) is 33.0. The molecule has 0 aromatic heterocycles. The molecule has 5 heterocycles. The molecule has 1 unspecified atom stereocenters. The fourth-order valence-electron chi connectivity index (χ4n) is 7.32. The Balaban J connectivity index is 1.33. The van der Waals surface area contributed by atoms with E-state index >= 15 is 0 Å². The van der Waals surface area contributed by atoms with Gasteiger partial charge in [0, 0.05) is 51.5 Å². The number of nitrogens with zero attached hydrogens (tertiary/aromatic N) is 4. The third-order valence-corrected chi connectivity index (χ3v) is 9.23. The van der Waals surface area contributed by atoms with Gasteiger partial charge in [-0.1, -0.05) is 24.3 Å². The second-order valence-corrected chi connectivity index (χ2v) is 11.7. The quantitative estimate of drug-likeness (QED) is 0.447. The highest BCUT2D eigenvalue weighted by atomic mass is 16.5. The first-order valence-electron chi connectivity index (χ1n) is 14.9. The lowest BCUT2D eigenvalue weighted by Gasteiger charge is -2.37. The molecule has 3 amide bonds. The first-order valence-corrected chi connectivity index (χ1v) is 14.9. The molecule has 0 aliphatic carbocycles. The molecular formula is C31H40N4O7. The summed E-state index contributed by atoms with van der Waals surface area (Å²) in [6, 6.07) is 6.34. The highest BCUT2D eigenvalue weighted by molar-refractivity contribution is 6.04. The molecule has 5 aliphatic heterocycles. The van der Waals surface area contributed by atoms with Crippen LogP contribution in [0, 0.1) is 11.8 Å². The molecular weight excluding hydrogens is 540 g/mol. The van der Waals surface area contributed by atoms with Gasteiger partial charge in [-0.25, -0.2) is 0 Å². The summed E-state index contributed by atoms with van der Waals surface area (Å²) in [4.78, 5) is 50.0. The highest BCUT2D eigenvalue weighted by Gasteiger charge is 2.74. The number of β-amino-alcohol motifs (C(OH)–C–C–N with tert-alkyl or cyclic N) is 1. The number of fused-ring (bicyclic) bond motifs is 2. The maximum absolute atomic E-state index is 14.4. The van der Waals surface area contributed by atoms with Crippen LogP contribution in [-0.4, -0.2) is 127 Å². The second-order valence-electron chi connectivity index (χ2n) is 11.7. The van der Waals surface area contributed by atoms with Crippen LogP contribution in [0.4, 0.5) is 5.69 Å². The zero-order valence-electron chi connectivity index (χ0n) is 24.3. The van der Waals surface area contributed by atoms with Crippen LogP contribution in [0.5, 0.6) is 5.75 Å². The predicted octanol–water partition coefficient (Wildman–Crippen LogP) is 0.682. The molecule has 5 aliphatic rings. The Labute approximate surface area is 246 Å². The van der Waals surface area contributed by atoms with Crippen LogP contribution in [0.2, 0.25) is 0 Å². The Morgan fingerprint density at radius 3 is 2.38 bits per heavy atom. The van der Waals surface area contributed by atoms with E-state index in [4.69, 9.17) is 14.2 Å². The highest BCUT2D eigenvalue weighted by Crippen LogP contribution is 2.57. The van der Waals surface area contributed by atoms with Gasteiger partial charge in [0.25, 0.3) is 0 Å². The predicted molar refractivity (Wildman–Crippen MR) is 154 cm³/mol. The number of morpholine rings is 1. The van der Waals surface area contributed by atoms with Crippen LogP contribution in [0.3, 0.4) is 0 Å².